The molecule has 0 amide bonds. The van der Waals surface area contributed by atoms with Crippen molar-refractivity contribution in [3.05, 3.63) is 35.9 Å². The summed E-state index contributed by atoms with van der Waals surface area (Å²) in [6.45, 7) is 0. The molecule has 0 spiro atoms. The molecule has 1 aromatic carbocycles. The maximum absolute atomic E-state index is 12.1. The van der Waals surface area contributed by atoms with E-state index in [-0.39, 0.29) is 0 Å². The van der Waals surface area contributed by atoms with E-state index < -0.39 is 36.7 Å². The molecule has 0 saturated carbocycles. The summed E-state index contributed by atoms with van der Waals surface area (Å²) in [6.07, 6.45) is -5.16. The number of hydrogen-bond acceptors (Lipinski definition) is 6. The van der Waals surface area contributed by atoms with Gasteiger partial charge in [0.2, 0.25) is 0 Å². The van der Waals surface area contributed by atoms with E-state index in [0.717, 1.165) is 0 Å². The Kier molecular flexibility index (Phi) is 5.72. The lowest BCUT2D eigenvalue weighted by Crippen LogP contribution is -2.59. The second-order valence-electron chi connectivity index (χ2n) is 4.65. The minimum atomic E-state index is -1.29. The third-order valence-corrected chi connectivity index (χ3v) is 3.92. The number of aliphatic hydroxyl groups excluding tert-OH is 2. The Balaban J connectivity index is 2.11. The molecule has 6 nitrogen and oxygen atoms in total. The Morgan fingerprint density at radius 2 is 1.95 bits per heavy atom. The number of methoxy groups -OCH3 is 1. The van der Waals surface area contributed by atoms with Crippen LogP contribution >= 0.6 is 15.9 Å². The lowest BCUT2D eigenvalue weighted by Gasteiger charge is -2.40. The smallest absolute Gasteiger partial charge is 0.338 e. The van der Waals surface area contributed by atoms with Crippen LogP contribution in [0.2, 0.25) is 0 Å². The third-order valence-electron chi connectivity index (χ3n) is 3.28. The molecule has 21 heavy (non-hydrogen) atoms. The summed E-state index contributed by atoms with van der Waals surface area (Å²) < 4.78 is 15.7. The first kappa shape index (κ1) is 16.4. The third kappa shape index (κ3) is 3.61. The predicted molar refractivity (Wildman–Crippen MR) is 77.1 cm³/mol. The fourth-order valence-electron chi connectivity index (χ4n) is 2.14. The van der Waals surface area contributed by atoms with Crippen LogP contribution in [0.25, 0.3) is 0 Å². The van der Waals surface area contributed by atoms with Crippen LogP contribution in [0.15, 0.2) is 30.3 Å². The molecule has 2 rings (SSSR count). The Bertz CT molecular complexity index is 466. The number of ether oxygens (including phenoxy) is 3. The van der Waals surface area contributed by atoms with E-state index in [1.807, 2.05) is 0 Å². The second-order valence-corrected chi connectivity index (χ2v) is 5.30. The number of carbonyl (C=O) groups is 1. The molecular formula is C14H17BrO6. The van der Waals surface area contributed by atoms with Gasteiger partial charge in [0.25, 0.3) is 0 Å². The average Bonchev–Trinajstić information content (AvgIpc) is 2.53. The van der Waals surface area contributed by atoms with Gasteiger partial charge >= 0.3 is 5.97 Å². The lowest BCUT2D eigenvalue weighted by molar-refractivity contribution is -0.284. The van der Waals surface area contributed by atoms with Crippen molar-refractivity contribution in [1.82, 2.24) is 0 Å². The molecule has 1 aliphatic rings. The minimum Gasteiger partial charge on any atom is -0.453 e. The first-order valence-corrected chi connectivity index (χ1v) is 7.57. The number of halogens is 1. The summed E-state index contributed by atoms with van der Waals surface area (Å²) >= 11 is 3.24. The maximum atomic E-state index is 12.1. The van der Waals surface area contributed by atoms with Crippen molar-refractivity contribution in [3.8, 4) is 0 Å². The van der Waals surface area contributed by atoms with Gasteiger partial charge in [-0.15, -0.1) is 0 Å². The fraction of sp³-hybridized carbons (Fsp3) is 0.500. The topological polar surface area (TPSA) is 85.2 Å². The van der Waals surface area contributed by atoms with Crippen molar-refractivity contribution in [1.29, 1.82) is 0 Å². The number of aliphatic hydroxyl groups is 2. The molecule has 2 N–H and O–H groups in total. The van der Waals surface area contributed by atoms with Gasteiger partial charge in [-0.2, -0.15) is 0 Å². The number of rotatable bonds is 4. The van der Waals surface area contributed by atoms with Crippen LogP contribution < -0.4 is 0 Å². The van der Waals surface area contributed by atoms with Crippen molar-refractivity contribution >= 4 is 21.9 Å². The van der Waals surface area contributed by atoms with Crippen LogP contribution in [-0.2, 0) is 14.2 Å². The molecule has 116 valence electrons. The molecule has 1 aliphatic heterocycles. The molecule has 7 heteroatoms. The van der Waals surface area contributed by atoms with E-state index in [1.165, 1.54) is 7.11 Å². The van der Waals surface area contributed by atoms with Crippen molar-refractivity contribution in [3.63, 3.8) is 0 Å². The van der Waals surface area contributed by atoms with Crippen molar-refractivity contribution in [2.45, 2.75) is 30.7 Å². The zero-order valence-corrected chi connectivity index (χ0v) is 13.0. The molecular weight excluding hydrogens is 344 g/mol. The highest BCUT2D eigenvalue weighted by Crippen LogP contribution is 2.26. The zero-order valence-electron chi connectivity index (χ0n) is 11.4. The van der Waals surface area contributed by atoms with Gasteiger partial charge in [0.1, 0.15) is 18.3 Å². The summed E-state index contributed by atoms with van der Waals surface area (Å²) in [5, 5.41) is 20.3. The number of hydrogen-bond donors (Lipinski definition) is 2. The SMILES string of the molecule is COC1O[C@H](CBr)[C@@H](OC(=O)c2ccccc2)[C@H](O)[C@H]1O. The van der Waals surface area contributed by atoms with Gasteiger partial charge in [-0.3, -0.25) is 0 Å². The van der Waals surface area contributed by atoms with E-state index in [9.17, 15) is 15.0 Å². The molecule has 1 saturated heterocycles. The van der Waals surface area contributed by atoms with Gasteiger partial charge in [-0.25, -0.2) is 4.79 Å². The molecule has 0 aromatic heterocycles. The molecule has 1 aromatic rings. The van der Waals surface area contributed by atoms with Crippen LogP contribution in [0.4, 0.5) is 0 Å². The lowest BCUT2D eigenvalue weighted by atomic mass is 9.99. The van der Waals surface area contributed by atoms with Crippen molar-refractivity contribution in [2.24, 2.45) is 0 Å². The maximum Gasteiger partial charge on any atom is 0.338 e. The van der Waals surface area contributed by atoms with Crippen molar-refractivity contribution in [2.75, 3.05) is 12.4 Å². The van der Waals surface area contributed by atoms with Crippen LogP contribution in [0, 0.1) is 0 Å². The van der Waals surface area contributed by atoms with Crippen LogP contribution in [0.5, 0.6) is 0 Å². The van der Waals surface area contributed by atoms with Crippen molar-refractivity contribution < 1.29 is 29.2 Å². The van der Waals surface area contributed by atoms with Crippen LogP contribution in [0.3, 0.4) is 0 Å². The summed E-state index contributed by atoms with van der Waals surface area (Å²) in [5.74, 6) is -0.586. The number of esters is 1. The van der Waals surface area contributed by atoms with Gasteiger partial charge in [-0.1, -0.05) is 34.1 Å². The van der Waals surface area contributed by atoms with Gasteiger partial charge in [0, 0.05) is 12.4 Å². The Morgan fingerprint density at radius 3 is 2.52 bits per heavy atom. The first-order chi connectivity index (χ1) is 10.1. The number of alkyl halides is 1. The monoisotopic (exact) mass is 360 g/mol. The largest absolute Gasteiger partial charge is 0.453 e. The Morgan fingerprint density at radius 1 is 1.29 bits per heavy atom. The summed E-state index contributed by atoms with van der Waals surface area (Å²) in [7, 11) is 1.36. The number of benzene rings is 1. The minimum absolute atomic E-state index is 0.323. The normalized spacial score (nSPS) is 32.7. The molecule has 0 radical (unpaired) electrons. The molecule has 1 heterocycles. The van der Waals surface area contributed by atoms with Crippen LogP contribution in [-0.4, -0.2) is 59.3 Å². The Hall–Kier alpha value is -0.990. The number of carbonyl (C=O) groups excluding carboxylic acids is 1. The standard InChI is InChI=1S/C14H17BrO6/c1-19-14-11(17)10(16)12(9(7-15)20-14)21-13(18)8-5-3-2-4-6-8/h2-6,9-12,14,16-17H,7H2,1H3/t9-,10-,11-,12-,14?/m1/s1. The second kappa shape index (κ2) is 7.33. The van der Waals surface area contributed by atoms with Gasteiger partial charge in [0.05, 0.1) is 5.56 Å². The molecule has 0 bridgehead atoms. The van der Waals surface area contributed by atoms with Crippen LogP contribution in [0.1, 0.15) is 10.4 Å². The highest BCUT2D eigenvalue weighted by atomic mass is 79.9. The van der Waals surface area contributed by atoms with E-state index in [0.29, 0.717) is 10.9 Å². The van der Waals surface area contributed by atoms with E-state index >= 15 is 0 Å². The first-order valence-electron chi connectivity index (χ1n) is 6.45. The van der Waals surface area contributed by atoms with E-state index in [1.54, 1.807) is 30.3 Å². The molecule has 0 aliphatic carbocycles. The fourth-order valence-corrected chi connectivity index (χ4v) is 2.66. The molecule has 5 atom stereocenters. The van der Waals surface area contributed by atoms with E-state index in [4.69, 9.17) is 14.2 Å². The zero-order chi connectivity index (χ0) is 15.4. The van der Waals surface area contributed by atoms with Gasteiger partial charge in [-0.05, 0) is 12.1 Å². The Labute approximate surface area is 130 Å². The van der Waals surface area contributed by atoms with Gasteiger partial charge in [0.15, 0.2) is 12.4 Å². The quantitative estimate of drug-likeness (QED) is 0.607. The molecule has 1 fully saturated rings. The summed E-state index contributed by atoms with van der Waals surface area (Å²) in [6, 6.07) is 8.42. The summed E-state index contributed by atoms with van der Waals surface area (Å²) in [4.78, 5) is 12.1. The van der Waals surface area contributed by atoms with Gasteiger partial charge < -0.3 is 24.4 Å². The highest BCUT2D eigenvalue weighted by Gasteiger charge is 2.46. The highest BCUT2D eigenvalue weighted by molar-refractivity contribution is 9.09. The average molecular weight is 361 g/mol. The van der Waals surface area contributed by atoms with E-state index in [2.05, 4.69) is 15.9 Å². The summed E-state index contributed by atoms with van der Waals surface area (Å²) in [5.41, 5.74) is 0.362. The predicted octanol–water partition coefficient (Wildman–Crippen LogP) is 0.700. The molecule has 1 unspecified atom stereocenters.